The van der Waals surface area contributed by atoms with E-state index in [0.717, 1.165) is 0 Å². The Morgan fingerprint density at radius 3 is 0.532 bits per heavy atom. The Bertz CT molecular complexity index is 1360. The van der Waals surface area contributed by atoms with Crippen molar-refractivity contribution in [2.75, 3.05) is 0 Å². The van der Waals surface area contributed by atoms with Gasteiger partial charge in [-0.25, -0.2) is 0 Å². The third-order valence-corrected chi connectivity index (χ3v) is 28.7. The average molecular weight is 770 g/mol. The normalized spacial score (nSPS) is 14.2. The Morgan fingerprint density at radius 2 is 0.426 bits per heavy atom. The fraction of sp³-hybridized carbons (Fsp3) is 0.538. The van der Waals surface area contributed by atoms with Gasteiger partial charge in [-0.15, -0.1) is 11.1 Å². The van der Waals surface area contributed by atoms with E-state index in [4.69, 9.17) is 0 Å². The smallest absolute Gasteiger partial charge is 0.149 e. The van der Waals surface area contributed by atoms with Crippen LogP contribution >= 0.6 is 11.1 Å². The van der Waals surface area contributed by atoms with E-state index >= 15 is 0 Å². The largest absolute Gasteiger partial charge is 0.247 e. The maximum absolute atomic E-state index is 9.41. The molecule has 0 aliphatic rings. The van der Waals surface area contributed by atoms with Crippen LogP contribution in [0, 0.1) is 20.8 Å². The summed E-state index contributed by atoms with van der Waals surface area (Å²) in [6.07, 6.45) is 0. The molecule has 0 aliphatic heterocycles. The van der Waals surface area contributed by atoms with Gasteiger partial charge in [0.2, 0.25) is 7.38 Å². The lowest BCUT2D eigenvalue weighted by molar-refractivity contribution is 1.49. The van der Waals surface area contributed by atoms with Gasteiger partial charge in [0.1, 0.15) is 0 Å². The van der Waals surface area contributed by atoms with Gasteiger partial charge >= 0.3 is 0 Å². The summed E-state index contributed by atoms with van der Waals surface area (Å²) in [7, 11) is -14.3. The Labute approximate surface area is 303 Å². The van der Waals surface area contributed by atoms with Crippen LogP contribution in [-0.2, 0) is 0 Å². The molecular formula is C39H69ClSi7. The van der Waals surface area contributed by atoms with Crippen LogP contribution in [0.1, 0.15) is 16.7 Å². The molecule has 0 N–H and O–H groups in total. The van der Waals surface area contributed by atoms with Crippen LogP contribution < -0.4 is 46.7 Å². The van der Waals surface area contributed by atoms with Crippen molar-refractivity contribution in [3.8, 4) is 0 Å². The van der Waals surface area contributed by atoms with E-state index in [2.05, 4.69) is 175 Å². The molecule has 3 aromatic carbocycles. The second-order valence-corrected chi connectivity index (χ2v) is 55.6. The molecule has 0 unspecified atom stereocenters. The first-order valence-corrected chi connectivity index (χ1v) is 41.9. The Morgan fingerprint density at radius 1 is 0.298 bits per heavy atom. The first kappa shape index (κ1) is 40.9. The van der Waals surface area contributed by atoms with Crippen molar-refractivity contribution in [3.63, 3.8) is 0 Å². The summed E-state index contributed by atoms with van der Waals surface area (Å²) in [5.41, 5.74) is 4.24. The van der Waals surface area contributed by atoms with E-state index in [9.17, 15) is 11.1 Å². The molecule has 0 aromatic heterocycles. The molecule has 0 radical (unpaired) electrons. The standard InChI is InChI=1S/C39H69ClSi7/c1-28-22-31(41(4,5)6)37(32(23-28)42(7,8)9)47(40,38-33(43(10,11)12)24-29(2)25-34(38)44(13,14)15)39-35(45(16,17)18)26-30(3)27-36(39)46(19,20)21/h22-27H,1-21H3. The molecule has 0 atom stereocenters. The van der Waals surface area contributed by atoms with Crippen LogP contribution in [-0.4, -0.2) is 55.8 Å². The third-order valence-electron chi connectivity index (χ3n) is 9.73. The number of halogens is 1. The van der Waals surface area contributed by atoms with Gasteiger partial charge < -0.3 is 0 Å². The summed E-state index contributed by atoms with van der Waals surface area (Å²) in [6, 6.07) is 15.6. The van der Waals surface area contributed by atoms with Crippen LogP contribution in [0.15, 0.2) is 36.4 Å². The molecule has 0 nitrogen and oxygen atoms in total. The van der Waals surface area contributed by atoms with Crippen LogP contribution in [0.3, 0.4) is 0 Å². The zero-order valence-electron chi connectivity index (χ0n) is 34.3. The van der Waals surface area contributed by atoms with Gasteiger partial charge in [0, 0.05) is 0 Å². The number of benzene rings is 3. The van der Waals surface area contributed by atoms with Crippen molar-refractivity contribution < 1.29 is 0 Å². The number of rotatable bonds is 9. The van der Waals surface area contributed by atoms with E-state index in [1.807, 2.05) is 0 Å². The highest BCUT2D eigenvalue weighted by Gasteiger charge is 2.53. The number of aryl methyl sites for hydroxylation is 3. The van der Waals surface area contributed by atoms with E-state index in [1.165, 1.54) is 16.7 Å². The van der Waals surface area contributed by atoms with Crippen molar-refractivity contribution in [3.05, 3.63) is 53.1 Å². The Hall–Kier alpha value is -0.532. The molecule has 260 valence electrons. The second-order valence-electron chi connectivity index (χ2n) is 20.9. The van der Waals surface area contributed by atoms with E-state index < -0.39 is 55.8 Å². The van der Waals surface area contributed by atoms with Crippen molar-refractivity contribution >= 4 is 114 Å². The topological polar surface area (TPSA) is 0 Å². The van der Waals surface area contributed by atoms with Gasteiger partial charge in [0.05, 0.1) is 48.4 Å². The fourth-order valence-electron chi connectivity index (χ4n) is 7.40. The van der Waals surface area contributed by atoms with Crippen molar-refractivity contribution in [1.29, 1.82) is 0 Å². The zero-order valence-corrected chi connectivity index (χ0v) is 42.1. The van der Waals surface area contributed by atoms with Gasteiger partial charge in [0.25, 0.3) is 0 Å². The fourth-order valence-corrected chi connectivity index (χ4v) is 33.8. The summed E-state index contributed by atoms with van der Waals surface area (Å²) in [6.45, 7) is 53.4. The molecule has 0 saturated heterocycles. The summed E-state index contributed by atoms with van der Waals surface area (Å²) in [5.74, 6) is 0. The minimum atomic E-state index is -3.19. The van der Waals surface area contributed by atoms with Crippen LogP contribution in [0.25, 0.3) is 0 Å². The molecule has 0 amide bonds. The van der Waals surface area contributed by atoms with Crippen LogP contribution in [0.5, 0.6) is 0 Å². The number of hydrogen-bond donors (Lipinski definition) is 0. The summed E-state index contributed by atoms with van der Waals surface area (Å²) < 4.78 is 0. The van der Waals surface area contributed by atoms with E-state index in [0.29, 0.717) is 0 Å². The Kier molecular flexibility index (Phi) is 11.2. The van der Waals surface area contributed by atoms with Crippen LogP contribution in [0.2, 0.25) is 118 Å². The second kappa shape index (κ2) is 12.9. The third kappa shape index (κ3) is 8.34. The molecule has 0 aliphatic carbocycles. The minimum Gasteiger partial charge on any atom is -0.149 e. The SMILES string of the molecule is Cc1cc([Si](C)(C)C)c([Si](Cl)(c2c([Si](C)(C)C)cc(C)cc2[Si](C)(C)C)c2c([Si](C)(C)C)cc(C)cc2[Si](C)(C)C)c([Si](C)(C)C)c1. The molecule has 0 bridgehead atoms. The van der Waals surface area contributed by atoms with E-state index in [-0.39, 0.29) is 0 Å². The lowest BCUT2D eigenvalue weighted by Crippen LogP contribution is -2.86. The predicted octanol–water partition coefficient (Wildman–Crippen LogP) is 7.09. The van der Waals surface area contributed by atoms with E-state index in [1.54, 1.807) is 46.7 Å². The highest BCUT2D eigenvalue weighted by molar-refractivity contribution is 7.45. The summed E-state index contributed by atoms with van der Waals surface area (Å²) >= 11 is 9.41. The predicted molar refractivity (Wildman–Crippen MR) is 242 cm³/mol. The molecule has 3 aromatic rings. The van der Waals surface area contributed by atoms with Crippen molar-refractivity contribution in [2.45, 2.75) is 139 Å². The first-order chi connectivity index (χ1) is 20.7. The lowest BCUT2D eigenvalue weighted by Gasteiger charge is -2.45. The molecule has 0 spiro atoms. The molecule has 3 rings (SSSR count). The van der Waals surface area contributed by atoms with Gasteiger partial charge in [-0.2, -0.15) is 0 Å². The van der Waals surface area contributed by atoms with Gasteiger partial charge in [0.15, 0.2) is 0 Å². The minimum absolute atomic E-state index is 1.41. The molecule has 8 heteroatoms. The lowest BCUT2D eigenvalue weighted by atomic mass is 10.2. The summed E-state index contributed by atoms with van der Waals surface area (Å²) in [5, 5.41) is 14.6. The van der Waals surface area contributed by atoms with Gasteiger partial charge in [-0.05, 0) is 36.3 Å². The first-order valence-electron chi connectivity index (χ1n) is 17.9. The Balaban J connectivity index is 3.08. The zero-order chi connectivity index (χ0) is 36.7. The maximum atomic E-state index is 9.41. The molecule has 0 fully saturated rings. The number of hydrogen-bond acceptors (Lipinski definition) is 0. The van der Waals surface area contributed by atoms with Crippen molar-refractivity contribution in [2.24, 2.45) is 0 Å². The van der Waals surface area contributed by atoms with Gasteiger partial charge in [-0.1, -0.05) is 202 Å². The summed E-state index contributed by atoms with van der Waals surface area (Å²) in [4.78, 5) is 0. The molecule has 0 saturated carbocycles. The van der Waals surface area contributed by atoms with Crippen molar-refractivity contribution in [1.82, 2.24) is 0 Å². The average Bonchev–Trinajstić information content (AvgIpc) is 2.83. The highest BCUT2D eigenvalue weighted by atomic mass is 35.6. The highest BCUT2D eigenvalue weighted by Crippen LogP contribution is 2.21. The maximum Gasteiger partial charge on any atom is 0.247 e. The molecule has 47 heavy (non-hydrogen) atoms. The molecular weight excluding hydrogens is 700 g/mol. The monoisotopic (exact) mass is 768 g/mol. The van der Waals surface area contributed by atoms with Crippen LogP contribution in [0.4, 0.5) is 0 Å². The molecule has 0 heterocycles. The van der Waals surface area contributed by atoms with Gasteiger partial charge in [-0.3, -0.25) is 0 Å². The quantitative estimate of drug-likeness (QED) is 0.124.